The number of thiophene rings is 1. The van der Waals surface area contributed by atoms with Crippen LogP contribution in [-0.2, 0) is 9.59 Å². The van der Waals surface area contributed by atoms with Gasteiger partial charge in [0.2, 0.25) is 5.91 Å². The second-order valence-electron chi connectivity index (χ2n) is 3.81. The highest BCUT2D eigenvalue weighted by atomic mass is 32.1. The number of carboxylic acids is 1. The maximum atomic E-state index is 11.6. The maximum absolute atomic E-state index is 11.6. The number of nitrogens with one attached hydrogen (secondary N) is 1. The van der Waals surface area contributed by atoms with Crippen molar-refractivity contribution in [3.8, 4) is 0 Å². The van der Waals surface area contributed by atoms with Gasteiger partial charge in [0.05, 0.1) is 5.92 Å². The fourth-order valence-electron chi connectivity index (χ4n) is 1.24. The van der Waals surface area contributed by atoms with Crippen LogP contribution in [0.5, 0.6) is 0 Å². The summed E-state index contributed by atoms with van der Waals surface area (Å²) in [6.45, 7) is 1.93. The van der Waals surface area contributed by atoms with E-state index in [1.807, 2.05) is 11.4 Å². The molecule has 0 radical (unpaired) electrons. The van der Waals surface area contributed by atoms with Gasteiger partial charge in [-0.15, -0.1) is 11.3 Å². The summed E-state index contributed by atoms with van der Waals surface area (Å²) in [7, 11) is 0. The average Bonchev–Trinajstić information content (AvgIpc) is 2.80. The third kappa shape index (κ3) is 4.16. The lowest BCUT2D eigenvalue weighted by atomic mass is 10.1. The van der Waals surface area contributed by atoms with E-state index in [1.54, 1.807) is 13.0 Å². The smallest absolute Gasteiger partial charge is 0.306 e. The van der Waals surface area contributed by atoms with Gasteiger partial charge in [0, 0.05) is 11.4 Å². The fraction of sp³-hybridized carbons (Fsp3) is 0.455. The number of aliphatic carboxylic acids is 1. The second kappa shape index (κ2) is 6.36. The van der Waals surface area contributed by atoms with Crippen LogP contribution in [0.4, 0.5) is 0 Å². The highest BCUT2D eigenvalue weighted by Crippen LogP contribution is 2.16. The Morgan fingerprint density at radius 3 is 2.82 bits per heavy atom. The zero-order valence-electron chi connectivity index (χ0n) is 9.55. The van der Waals surface area contributed by atoms with E-state index < -0.39 is 17.9 Å². The van der Waals surface area contributed by atoms with E-state index >= 15 is 0 Å². The van der Waals surface area contributed by atoms with Crippen LogP contribution in [-0.4, -0.2) is 23.5 Å². The van der Waals surface area contributed by atoms with Gasteiger partial charge in [0.15, 0.2) is 0 Å². The molecule has 1 amide bonds. The van der Waals surface area contributed by atoms with Crippen molar-refractivity contribution in [1.29, 1.82) is 0 Å². The predicted molar refractivity (Wildman–Crippen MR) is 65.7 cm³/mol. The molecule has 0 spiro atoms. The van der Waals surface area contributed by atoms with Crippen molar-refractivity contribution in [3.05, 3.63) is 22.4 Å². The molecule has 0 saturated carbocycles. The van der Waals surface area contributed by atoms with Crippen LogP contribution in [0, 0.1) is 5.92 Å². The number of carbonyl (C=O) groups is 2. The number of nitrogens with two attached hydrogens (primary N) is 1. The first-order chi connectivity index (χ1) is 8.02. The molecule has 1 rings (SSSR count). The summed E-state index contributed by atoms with van der Waals surface area (Å²) < 4.78 is 0. The van der Waals surface area contributed by atoms with Gasteiger partial charge >= 0.3 is 5.97 Å². The van der Waals surface area contributed by atoms with Crippen LogP contribution in [0.25, 0.3) is 0 Å². The predicted octanol–water partition coefficient (Wildman–Crippen LogP) is 0.975. The summed E-state index contributed by atoms with van der Waals surface area (Å²) in [5, 5.41) is 13.2. The van der Waals surface area contributed by atoms with Gasteiger partial charge in [-0.3, -0.25) is 9.59 Å². The molecule has 17 heavy (non-hydrogen) atoms. The van der Waals surface area contributed by atoms with E-state index in [0.717, 1.165) is 4.88 Å². The molecule has 0 aromatic carbocycles. The molecule has 0 bridgehead atoms. The lowest BCUT2D eigenvalue weighted by molar-refractivity contribution is -0.141. The second-order valence-corrected chi connectivity index (χ2v) is 4.79. The number of rotatable bonds is 6. The van der Waals surface area contributed by atoms with E-state index in [2.05, 4.69) is 5.32 Å². The number of hydrogen-bond acceptors (Lipinski definition) is 4. The van der Waals surface area contributed by atoms with Crippen molar-refractivity contribution in [2.24, 2.45) is 11.7 Å². The topological polar surface area (TPSA) is 92.4 Å². The van der Waals surface area contributed by atoms with Gasteiger partial charge in [0.25, 0.3) is 0 Å². The van der Waals surface area contributed by atoms with Gasteiger partial charge in [-0.25, -0.2) is 0 Å². The molecular weight excluding hydrogens is 240 g/mol. The van der Waals surface area contributed by atoms with Crippen molar-refractivity contribution in [1.82, 2.24) is 5.32 Å². The molecule has 6 heteroatoms. The molecule has 4 N–H and O–H groups in total. The number of amides is 1. The fourth-order valence-corrected chi connectivity index (χ4v) is 1.97. The maximum Gasteiger partial charge on any atom is 0.306 e. The van der Waals surface area contributed by atoms with Gasteiger partial charge in [-0.2, -0.15) is 0 Å². The molecule has 0 saturated heterocycles. The van der Waals surface area contributed by atoms with Crippen molar-refractivity contribution < 1.29 is 14.7 Å². The van der Waals surface area contributed by atoms with Crippen molar-refractivity contribution >= 4 is 23.2 Å². The Labute approximate surface area is 104 Å². The van der Waals surface area contributed by atoms with Crippen LogP contribution in [0.1, 0.15) is 24.3 Å². The number of carboxylic acid groups (broad SMARTS) is 1. The lowest BCUT2D eigenvalue weighted by Gasteiger charge is -2.11. The van der Waals surface area contributed by atoms with Crippen molar-refractivity contribution in [2.45, 2.75) is 19.4 Å². The monoisotopic (exact) mass is 256 g/mol. The van der Waals surface area contributed by atoms with E-state index in [0.29, 0.717) is 13.0 Å². The summed E-state index contributed by atoms with van der Waals surface area (Å²) in [5.74, 6) is -1.60. The van der Waals surface area contributed by atoms with Gasteiger partial charge in [-0.1, -0.05) is 13.0 Å². The minimum atomic E-state index is -0.859. The van der Waals surface area contributed by atoms with Crippen LogP contribution < -0.4 is 11.1 Å². The van der Waals surface area contributed by atoms with Gasteiger partial charge < -0.3 is 16.2 Å². The highest BCUT2D eigenvalue weighted by Gasteiger charge is 2.17. The van der Waals surface area contributed by atoms with E-state index in [-0.39, 0.29) is 5.91 Å². The molecule has 2 atom stereocenters. The van der Waals surface area contributed by atoms with E-state index in [1.165, 1.54) is 11.3 Å². The van der Waals surface area contributed by atoms with Gasteiger partial charge in [-0.05, 0) is 17.9 Å². The number of hydrogen-bond donors (Lipinski definition) is 3. The molecule has 1 aromatic heterocycles. The quantitative estimate of drug-likeness (QED) is 0.707. The molecule has 0 aliphatic carbocycles. The Morgan fingerprint density at radius 2 is 2.29 bits per heavy atom. The lowest BCUT2D eigenvalue weighted by Crippen LogP contribution is -2.35. The summed E-state index contributed by atoms with van der Waals surface area (Å²) in [5.41, 5.74) is 5.74. The molecule has 2 unspecified atom stereocenters. The first kappa shape index (κ1) is 13.7. The molecule has 1 heterocycles. The van der Waals surface area contributed by atoms with Crippen LogP contribution in [0.2, 0.25) is 0 Å². The SMILES string of the molecule is CC(CCNC(=O)C(N)c1cccs1)C(=O)O. The van der Waals surface area contributed by atoms with Crippen LogP contribution in [0.3, 0.4) is 0 Å². The average molecular weight is 256 g/mol. The molecule has 94 valence electrons. The third-order valence-corrected chi connectivity index (χ3v) is 3.39. The Bertz CT molecular complexity index is 378. The number of carbonyl (C=O) groups excluding carboxylic acids is 1. The molecule has 0 aliphatic heterocycles. The minimum absolute atomic E-state index is 0.273. The summed E-state index contributed by atoms with van der Waals surface area (Å²) in [6, 6.07) is 2.96. The zero-order chi connectivity index (χ0) is 12.8. The largest absolute Gasteiger partial charge is 0.481 e. The standard InChI is InChI=1S/C11H16N2O3S/c1-7(11(15)16)4-5-13-10(14)9(12)8-3-2-6-17-8/h2-3,6-7,9H,4-5,12H2,1H3,(H,13,14)(H,15,16). The van der Waals surface area contributed by atoms with Crippen LogP contribution in [0.15, 0.2) is 17.5 Å². The molecule has 1 aromatic rings. The first-order valence-electron chi connectivity index (χ1n) is 5.32. The summed E-state index contributed by atoms with van der Waals surface area (Å²) >= 11 is 1.42. The molecule has 0 aliphatic rings. The highest BCUT2D eigenvalue weighted by molar-refractivity contribution is 7.10. The van der Waals surface area contributed by atoms with Gasteiger partial charge in [0.1, 0.15) is 6.04 Å². The van der Waals surface area contributed by atoms with Crippen LogP contribution >= 0.6 is 11.3 Å². The summed E-state index contributed by atoms with van der Waals surface area (Å²) in [6.07, 6.45) is 0.401. The van der Waals surface area contributed by atoms with Crippen molar-refractivity contribution in [2.75, 3.05) is 6.54 Å². The molecule has 5 nitrogen and oxygen atoms in total. The zero-order valence-corrected chi connectivity index (χ0v) is 10.4. The Morgan fingerprint density at radius 1 is 1.59 bits per heavy atom. The molecular formula is C11H16N2O3S. The normalized spacial score (nSPS) is 14.0. The minimum Gasteiger partial charge on any atom is -0.481 e. The third-order valence-electron chi connectivity index (χ3n) is 2.43. The Kier molecular flexibility index (Phi) is 5.11. The summed E-state index contributed by atoms with van der Waals surface area (Å²) in [4.78, 5) is 23.0. The Hall–Kier alpha value is -1.40. The Balaban J connectivity index is 2.33. The first-order valence-corrected chi connectivity index (χ1v) is 6.20. The van der Waals surface area contributed by atoms with E-state index in [4.69, 9.17) is 10.8 Å². The molecule has 0 fully saturated rings. The van der Waals surface area contributed by atoms with E-state index in [9.17, 15) is 9.59 Å². The van der Waals surface area contributed by atoms with Crippen molar-refractivity contribution in [3.63, 3.8) is 0 Å².